The molecule has 0 atom stereocenters. The zero-order valence-corrected chi connectivity index (χ0v) is 13.9. The van der Waals surface area contributed by atoms with Crippen molar-refractivity contribution in [3.8, 4) is 5.75 Å². The number of rotatable bonds is 7. The molecule has 2 aromatic carbocycles. The zero-order chi connectivity index (χ0) is 16.6. The maximum atomic E-state index is 12.5. The Morgan fingerprint density at radius 3 is 2.42 bits per heavy atom. The van der Waals surface area contributed by atoms with Crippen LogP contribution in [-0.4, -0.2) is 18.5 Å². The Bertz CT molecular complexity index is 645. The lowest BCUT2D eigenvalue weighted by molar-refractivity contribution is 0.0282. The maximum Gasteiger partial charge on any atom is 0.192 e. The van der Waals surface area contributed by atoms with E-state index in [4.69, 9.17) is 9.47 Å². The first-order valence-electron chi connectivity index (χ1n) is 8.73. The van der Waals surface area contributed by atoms with Gasteiger partial charge in [-0.1, -0.05) is 61.7 Å². The highest BCUT2D eigenvalue weighted by atomic mass is 16.5. The van der Waals surface area contributed by atoms with E-state index >= 15 is 0 Å². The summed E-state index contributed by atoms with van der Waals surface area (Å²) in [7, 11) is 0. The molecule has 0 amide bonds. The van der Waals surface area contributed by atoms with Crippen molar-refractivity contribution in [2.45, 2.75) is 44.8 Å². The number of carbonyl (C=O) groups excluding carboxylic acids is 1. The molecule has 1 fully saturated rings. The predicted octanol–water partition coefficient (Wildman–Crippen LogP) is 4.80. The van der Waals surface area contributed by atoms with Crippen molar-refractivity contribution in [1.29, 1.82) is 0 Å². The van der Waals surface area contributed by atoms with Gasteiger partial charge >= 0.3 is 0 Å². The first-order valence-corrected chi connectivity index (χ1v) is 8.73. The lowest BCUT2D eigenvalue weighted by Crippen LogP contribution is -2.21. The molecule has 126 valence electrons. The van der Waals surface area contributed by atoms with Gasteiger partial charge in [-0.3, -0.25) is 4.79 Å². The smallest absolute Gasteiger partial charge is 0.192 e. The average molecular weight is 324 g/mol. The Hall–Kier alpha value is -2.13. The van der Waals surface area contributed by atoms with Gasteiger partial charge < -0.3 is 9.47 Å². The number of benzene rings is 2. The van der Waals surface area contributed by atoms with E-state index in [2.05, 4.69) is 0 Å². The molecule has 0 N–H and O–H groups in total. The minimum absolute atomic E-state index is 0.00997. The maximum absolute atomic E-state index is 12.5. The molecule has 2 aromatic rings. The molecule has 0 saturated heterocycles. The lowest BCUT2D eigenvalue weighted by Gasteiger charge is -2.21. The second kappa shape index (κ2) is 8.65. The Balaban J connectivity index is 1.59. The van der Waals surface area contributed by atoms with Gasteiger partial charge in [0.05, 0.1) is 11.7 Å². The summed E-state index contributed by atoms with van der Waals surface area (Å²) >= 11 is 0. The van der Waals surface area contributed by atoms with Crippen LogP contribution in [0.4, 0.5) is 0 Å². The van der Waals surface area contributed by atoms with Crippen molar-refractivity contribution in [3.05, 3.63) is 65.7 Å². The number of hydrogen-bond acceptors (Lipinski definition) is 3. The highest BCUT2D eigenvalue weighted by Crippen LogP contribution is 2.23. The van der Waals surface area contributed by atoms with E-state index < -0.39 is 0 Å². The van der Waals surface area contributed by atoms with E-state index in [1.807, 2.05) is 54.6 Å². The van der Waals surface area contributed by atoms with Crippen LogP contribution in [0.25, 0.3) is 0 Å². The first kappa shape index (κ1) is 16.7. The predicted molar refractivity (Wildman–Crippen MR) is 94.4 cm³/mol. The molecule has 0 aliphatic heterocycles. The summed E-state index contributed by atoms with van der Waals surface area (Å²) in [6.45, 7) is 0.588. The monoisotopic (exact) mass is 324 g/mol. The summed E-state index contributed by atoms with van der Waals surface area (Å²) < 4.78 is 11.7. The van der Waals surface area contributed by atoms with Crippen LogP contribution in [0, 0.1) is 0 Å². The van der Waals surface area contributed by atoms with E-state index in [1.165, 1.54) is 19.3 Å². The van der Waals surface area contributed by atoms with Crippen LogP contribution >= 0.6 is 0 Å². The molecule has 0 bridgehead atoms. The number of para-hydroxylation sites is 1. The average Bonchev–Trinajstić information content (AvgIpc) is 2.66. The highest BCUT2D eigenvalue weighted by Gasteiger charge is 2.17. The molecule has 24 heavy (non-hydrogen) atoms. The largest absolute Gasteiger partial charge is 0.488 e. The Labute approximate surface area is 143 Å². The van der Waals surface area contributed by atoms with E-state index in [9.17, 15) is 4.79 Å². The van der Waals surface area contributed by atoms with E-state index in [0.29, 0.717) is 17.9 Å². The van der Waals surface area contributed by atoms with Crippen LogP contribution in [0.15, 0.2) is 54.6 Å². The van der Waals surface area contributed by atoms with Gasteiger partial charge in [0.25, 0.3) is 0 Å². The van der Waals surface area contributed by atoms with Gasteiger partial charge in [0.2, 0.25) is 0 Å². The van der Waals surface area contributed by atoms with Gasteiger partial charge in [-0.2, -0.15) is 0 Å². The molecule has 1 aliphatic rings. The van der Waals surface area contributed by atoms with Gasteiger partial charge in [-0.05, 0) is 30.5 Å². The summed E-state index contributed by atoms with van der Waals surface area (Å²) in [5, 5.41) is 0. The highest BCUT2D eigenvalue weighted by molar-refractivity contribution is 5.99. The van der Waals surface area contributed by atoms with Gasteiger partial charge in [0, 0.05) is 0 Å². The third kappa shape index (κ3) is 4.68. The first-order chi connectivity index (χ1) is 11.8. The second-order valence-electron chi connectivity index (χ2n) is 6.26. The van der Waals surface area contributed by atoms with Crippen LogP contribution in [0.1, 0.15) is 48.0 Å². The Kier molecular flexibility index (Phi) is 6.02. The van der Waals surface area contributed by atoms with Gasteiger partial charge in [0.15, 0.2) is 5.78 Å². The molecule has 0 unspecified atom stereocenters. The number of ether oxygens (including phenoxy) is 2. The number of Topliss-reactive ketones (excluding diaryl/α,β-unsaturated/α-hetero) is 1. The summed E-state index contributed by atoms with van der Waals surface area (Å²) in [6.07, 6.45) is 6.06. The van der Waals surface area contributed by atoms with E-state index in [0.717, 1.165) is 18.4 Å². The van der Waals surface area contributed by atoms with Gasteiger partial charge in [-0.15, -0.1) is 0 Å². The number of ketones is 1. The van der Waals surface area contributed by atoms with Gasteiger partial charge in [-0.25, -0.2) is 0 Å². The van der Waals surface area contributed by atoms with Crippen molar-refractivity contribution in [3.63, 3.8) is 0 Å². The molecule has 1 aliphatic carbocycles. The van der Waals surface area contributed by atoms with Crippen LogP contribution in [-0.2, 0) is 11.3 Å². The molecule has 0 aromatic heterocycles. The molecule has 0 radical (unpaired) electrons. The standard InChI is InChI=1S/C21H24O3/c22-20(16-23-18-11-5-2-6-12-18)19-13-7-8-14-21(19)24-15-17-9-3-1-4-10-17/h1,3-4,7-10,13-14,18H,2,5-6,11-12,15-16H2. The van der Waals surface area contributed by atoms with Crippen molar-refractivity contribution in [1.82, 2.24) is 0 Å². The minimum Gasteiger partial charge on any atom is -0.488 e. The molecule has 1 saturated carbocycles. The molecule has 3 nitrogen and oxygen atoms in total. The summed E-state index contributed by atoms with van der Waals surface area (Å²) in [4.78, 5) is 12.5. The summed E-state index contributed by atoms with van der Waals surface area (Å²) in [5.74, 6) is 0.614. The second-order valence-corrected chi connectivity index (χ2v) is 6.26. The topological polar surface area (TPSA) is 35.5 Å². The van der Waals surface area contributed by atoms with Crippen molar-refractivity contribution in [2.24, 2.45) is 0 Å². The minimum atomic E-state index is -0.00997. The molecular formula is C21H24O3. The molecule has 0 spiro atoms. The Morgan fingerprint density at radius 1 is 0.917 bits per heavy atom. The molecule has 0 heterocycles. The number of carbonyl (C=O) groups is 1. The zero-order valence-electron chi connectivity index (χ0n) is 13.9. The van der Waals surface area contributed by atoms with E-state index in [-0.39, 0.29) is 18.5 Å². The quantitative estimate of drug-likeness (QED) is 0.686. The SMILES string of the molecule is O=C(COC1CCCCC1)c1ccccc1OCc1ccccc1. The van der Waals surface area contributed by atoms with Crippen molar-refractivity contribution < 1.29 is 14.3 Å². The van der Waals surface area contributed by atoms with Crippen molar-refractivity contribution >= 4 is 5.78 Å². The Morgan fingerprint density at radius 2 is 1.62 bits per heavy atom. The molecule has 3 heteroatoms. The van der Waals surface area contributed by atoms with Crippen LogP contribution in [0.2, 0.25) is 0 Å². The molecular weight excluding hydrogens is 300 g/mol. The third-order valence-corrected chi connectivity index (χ3v) is 4.43. The van der Waals surface area contributed by atoms with Crippen LogP contribution < -0.4 is 4.74 Å². The lowest BCUT2D eigenvalue weighted by atomic mass is 9.98. The van der Waals surface area contributed by atoms with E-state index in [1.54, 1.807) is 0 Å². The van der Waals surface area contributed by atoms with Crippen LogP contribution in [0.5, 0.6) is 5.75 Å². The normalized spacial score (nSPS) is 15.2. The number of hydrogen-bond donors (Lipinski definition) is 0. The fourth-order valence-corrected chi connectivity index (χ4v) is 3.06. The summed E-state index contributed by atoms with van der Waals surface area (Å²) in [5.41, 5.74) is 1.68. The fraction of sp³-hybridized carbons (Fsp3) is 0.381. The molecule has 3 rings (SSSR count). The van der Waals surface area contributed by atoms with Crippen LogP contribution in [0.3, 0.4) is 0 Å². The fourth-order valence-electron chi connectivity index (χ4n) is 3.06. The summed E-state index contributed by atoms with van der Waals surface area (Å²) in [6, 6.07) is 17.4. The van der Waals surface area contributed by atoms with Gasteiger partial charge in [0.1, 0.15) is 19.0 Å². The third-order valence-electron chi connectivity index (χ3n) is 4.43. The van der Waals surface area contributed by atoms with Crippen molar-refractivity contribution in [2.75, 3.05) is 6.61 Å².